The third-order valence-electron chi connectivity index (χ3n) is 3.10. The number of thioether (sulfide) groups is 1. The van der Waals surface area contributed by atoms with Crippen LogP contribution in [0.4, 0.5) is 0 Å². The highest BCUT2D eigenvalue weighted by Gasteiger charge is 2.23. The molecule has 0 saturated carbocycles. The van der Waals surface area contributed by atoms with Gasteiger partial charge in [-0.15, -0.1) is 0 Å². The van der Waals surface area contributed by atoms with Crippen LogP contribution in [0.3, 0.4) is 0 Å². The van der Waals surface area contributed by atoms with Gasteiger partial charge >= 0.3 is 0 Å². The fourth-order valence-corrected chi connectivity index (χ4v) is 2.63. The Hall–Kier alpha value is -2.40. The lowest BCUT2D eigenvalue weighted by molar-refractivity contribution is -0.125. The summed E-state index contributed by atoms with van der Waals surface area (Å²) in [5.41, 5.74) is 11.2. The number of aromatic nitrogens is 2. The van der Waals surface area contributed by atoms with Gasteiger partial charge in [-0.05, 0) is 0 Å². The molecule has 1 unspecified atom stereocenters. The molecule has 1 rings (SSSR count). The van der Waals surface area contributed by atoms with E-state index in [2.05, 4.69) is 20.6 Å². The molecule has 0 aliphatic rings. The van der Waals surface area contributed by atoms with Crippen LogP contribution in [-0.2, 0) is 25.6 Å². The van der Waals surface area contributed by atoms with E-state index in [9.17, 15) is 19.2 Å². The van der Waals surface area contributed by atoms with Crippen LogP contribution in [0.15, 0.2) is 12.5 Å². The molecule has 0 bridgehead atoms. The van der Waals surface area contributed by atoms with Gasteiger partial charge in [-0.3, -0.25) is 19.2 Å². The number of hydrogen-bond donors (Lipinski definition) is 5. The molecule has 3 amide bonds. The molecular formula is C14H22N6O4S. The van der Waals surface area contributed by atoms with Gasteiger partial charge in [0.1, 0.15) is 6.04 Å². The Morgan fingerprint density at radius 1 is 1.36 bits per heavy atom. The first kappa shape index (κ1) is 20.6. The first-order valence-corrected chi connectivity index (χ1v) is 8.50. The number of H-pyrrole nitrogens is 1. The van der Waals surface area contributed by atoms with E-state index in [1.54, 1.807) is 6.20 Å². The first-order valence-electron chi connectivity index (χ1n) is 7.52. The zero-order valence-corrected chi connectivity index (χ0v) is 14.6. The number of imidazole rings is 1. The van der Waals surface area contributed by atoms with E-state index in [4.69, 9.17) is 11.5 Å². The number of rotatable bonds is 10. The highest BCUT2D eigenvalue weighted by Crippen LogP contribution is 2.11. The quantitative estimate of drug-likeness (QED) is 0.318. The Bertz CT molecular complexity index is 606. The molecule has 138 valence electrons. The van der Waals surface area contributed by atoms with E-state index in [-0.39, 0.29) is 42.1 Å². The molecule has 0 aromatic carbocycles. The minimum absolute atomic E-state index is 0.0232. The van der Waals surface area contributed by atoms with Gasteiger partial charge < -0.3 is 27.1 Å². The third kappa shape index (κ3) is 8.31. The minimum atomic E-state index is -0.947. The first-order chi connectivity index (χ1) is 11.8. The maximum atomic E-state index is 12.4. The molecule has 0 fully saturated rings. The van der Waals surface area contributed by atoms with Crippen LogP contribution in [0.2, 0.25) is 0 Å². The maximum Gasteiger partial charge on any atom is 0.235 e. The average Bonchev–Trinajstić information content (AvgIpc) is 3.04. The van der Waals surface area contributed by atoms with Crippen LogP contribution in [0.5, 0.6) is 0 Å². The Balaban J connectivity index is 2.62. The topological polar surface area (TPSA) is 173 Å². The van der Waals surface area contributed by atoms with Gasteiger partial charge in [-0.2, -0.15) is 0 Å². The van der Waals surface area contributed by atoms with Crippen molar-refractivity contribution in [3.05, 3.63) is 18.2 Å². The lowest BCUT2D eigenvalue weighted by Crippen LogP contribution is -2.44. The second kappa shape index (κ2) is 10.5. The molecule has 1 aromatic heterocycles. The van der Waals surface area contributed by atoms with Crippen LogP contribution >= 0.6 is 11.8 Å². The van der Waals surface area contributed by atoms with Crippen LogP contribution in [0, 0.1) is 0 Å². The third-order valence-corrected chi connectivity index (χ3v) is 4.19. The van der Waals surface area contributed by atoms with E-state index in [1.165, 1.54) is 13.3 Å². The van der Waals surface area contributed by atoms with Crippen LogP contribution < -0.4 is 22.1 Å². The second-order valence-corrected chi connectivity index (χ2v) is 6.30. The van der Waals surface area contributed by atoms with Crippen molar-refractivity contribution in [1.82, 2.24) is 20.6 Å². The van der Waals surface area contributed by atoms with Crippen molar-refractivity contribution in [2.24, 2.45) is 11.5 Å². The summed E-state index contributed by atoms with van der Waals surface area (Å²) in [5.74, 6) is -1.31. The summed E-state index contributed by atoms with van der Waals surface area (Å²) in [7, 11) is 0. The summed E-state index contributed by atoms with van der Waals surface area (Å²) in [6, 6.07) is -1.77. The molecule has 2 atom stereocenters. The van der Waals surface area contributed by atoms with E-state index in [0.717, 1.165) is 11.8 Å². The van der Waals surface area contributed by atoms with Gasteiger partial charge in [0.15, 0.2) is 0 Å². The molecule has 1 heterocycles. The monoisotopic (exact) mass is 370 g/mol. The molecule has 0 aliphatic carbocycles. The van der Waals surface area contributed by atoms with Crippen molar-refractivity contribution in [3.8, 4) is 0 Å². The predicted octanol–water partition coefficient (Wildman–Crippen LogP) is -1.96. The molecule has 0 radical (unpaired) electrons. The Labute approximate surface area is 148 Å². The fraction of sp³-hybridized carbons (Fsp3) is 0.500. The van der Waals surface area contributed by atoms with Crippen molar-refractivity contribution in [1.29, 1.82) is 0 Å². The van der Waals surface area contributed by atoms with Gasteiger partial charge in [0.25, 0.3) is 0 Å². The molecular weight excluding hydrogens is 348 g/mol. The second-order valence-electron chi connectivity index (χ2n) is 5.27. The number of hydrogen-bond acceptors (Lipinski definition) is 7. The van der Waals surface area contributed by atoms with Gasteiger partial charge in [-0.1, -0.05) is 11.8 Å². The van der Waals surface area contributed by atoms with Gasteiger partial charge in [0, 0.05) is 44.0 Å². The standard InChI is InChI=1S/C14H22N6O4S/c1-8(21)18-3-2-12(22)20-11(4-9-5-17-7-19-9)14(24)25-6-10(15)13(16)23/h5,7,10-11H,2-4,6,15H2,1H3,(H2,16,23)(H,17,19)(H,18,21)(H,20,22)/t10?,11-/m0/s1. The van der Waals surface area contributed by atoms with Crippen molar-refractivity contribution < 1.29 is 19.2 Å². The lowest BCUT2D eigenvalue weighted by atomic mass is 10.2. The summed E-state index contributed by atoms with van der Waals surface area (Å²) in [4.78, 5) is 52.8. The van der Waals surface area contributed by atoms with Crippen molar-refractivity contribution in [2.75, 3.05) is 12.3 Å². The maximum absolute atomic E-state index is 12.4. The fourth-order valence-electron chi connectivity index (χ4n) is 1.78. The van der Waals surface area contributed by atoms with E-state index < -0.39 is 18.0 Å². The normalized spacial score (nSPS) is 12.9. The molecule has 0 saturated heterocycles. The zero-order chi connectivity index (χ0) is 18.8. The summed E-state index contributed by atoms with van der Waals surface area (Å²) in [6.07, 6.45) is 3.26. The largest absolute Gasteiger partial charge is 0.368 e. The van der Waals surface area contributed by atoms with Crippen molar-refractivity contribution in [3.63, 3.8) is 0 Å². The molecule has 25 heavy (non-hydrogen) atoms. The molecule has 11 heteroatoms. The van der Waals surface area contributed by atoms with Gasteiger partial charge in [-0.25, -0.2) is 4.98 Å². The highest BCUT2D eigenvalue weighted by atomic mass is 32.2. The zero-order valence-electron chi connectivity index (χ0n) is 13.8. The number of aromatic amines is 1. The molecule has 0 aliphatic heterocycles. The van der Waals surface area contributed by atoms with E-state index in [1.807, 2.05) is 0 Å². The smallest absolute Gasteiger partial charge is 0.235 e. The van der Waals surface area contributed by atoms with Gasteiger partial charge in [0.2, 0.25) is 22.8 Å². The minimum Gasteiger partial charge on any atom is -0.368 e. The number of carbonyl (C=O) groups is 4. The van der Waals surface area contributed by atoms with Gasteiger partial charge in [0.05, 0.1) is 12.4 Å². The van der Waals surface area contributed by atoms with Crippen molar-refractivity contribution in [2.45, 2.75) is 31.8 Å². The summed E-state index contributed by atoms with van der Waals surface area (Å²) < 4.78 is 0. The number of nitrogens with one attached hydrogen (secondary N) is 3. The summed E-state index contributed by atoms with van der Waals surface area (Å²) in [6.45, 7) is 1.52. The van der Waals surface area contributed by atoms with Crippen LogP contribution in [-0.4, -0.2) is 57.2 Å². The SMILES string of the molecule is CC(=O)NCCC(=O)N[C@@H](Cc1cnc[nH]1)C(=O)SCC(N)C(N)=O. The Morgan fingerprint density at radius 2 is 2.08 bits per heavy atom. The molecule has 0 spiro atoms. The number of carbonyl (C=O) groups excluding carboxylic acids is 4. The number of amides is 3. The lowest BCUT2D eigenvalue weighted by Gasteiger charge is -2.17. The number of primary amides is 1. The van der Waals surface area contributed by atoms with Crippen molar-refractivity contribution >= 4 is 34.6 Å². The number of nitrogens with two attached hydrogens (primary N) is 2. The van der Waals surface area contributed by atoms with Crippen LogP contribution in [0.25, 0.3) is 0 Å². The molecule has 10 nitrogen and oxygen atoms in total. The Kier molecular flexibility index (Phi) is 8.64. The summed E-state index contributed by atoms with van der Waals surface area (Å²) >= 11 is 0.830. The Morgan fingerprint density at radius 3 is 2.64 bits per heavy atom. The van der Waals surface area contributed by atoms with Crippen LogP contribution in [0.1, 0.15) is 19.0 Å². The van der Waals surface area contributed by atoms with E-state index >= 15 is 0 Å². The molecule has 7 N–H and O–H groups in total. The predicted molar refractivity (Wildman–Crippen MR) is 92.2 cm³/mol. The summed E-state index contributed by atoms with van der Waals surface area (Å²) in [5, 5.41) is 4.77. The average molecular weight is 370 g/mol. The highest BCUT2D eigenvalue weighted by molar-refractivity contribution is 8.13. The van der Waals surface area contributed by atoms with E-state index in [0.29, 0.717) is 5.69 Å². The number of nitrogens with zero attached hydrogens (tertiary/aromatic N) is 1. The molecule has 1 aromatic rings.